The lowest BCUT2D eigenvalue weighted by molar-refractivity contribution is -0.138. The van der Waals surface area contributed by atoms with Crippen LogP contribution in [0, 0.1) is 5.41 Å². The molecule has 102 valence electrons. The Labute approximate surface area is 115 Å². The molecule has 2 saturated heterocycles. The van der Waals surface area contributed by atoms with Gasteiger partial charge in [-0.2, -0.15) is 11.3 Å². The highest BCUT2D eigenvalue weighted by atomic mass is 32.1. The van der Waals surface area contributed by atoms with Gasteiger partial charge in [0.15, 0.2) is 0 Å². The van der Waals surface area contributed by atoms with Gasteiger partial charge in [0.25, 0.3) is 0 Å². The van der Waals surface area contributed by atoms with Crippen molar-refractivity contribution >= 4 is 28.9 Å². The first-order valence-corrected chi connectivity index (χ1v) is 7.29. The number of carboxylic acids is 1. The lowest BCUT2D eigenvalue weighted by Gasteiger charge is -2.23. The average molecular weight is 280 g/mol. The number of carbonyl (C=O) groups is 2. The minimum atomic E-state index is -0.795. The summed E-state index contributed by atoms with van der Waals surface area (Å²) in [4.78, 5) is 26.7. The Morgan fingerprint density at radius 3 is 3.00 bits per heavy atom. The number of rotatable bonds is 3. The lowest BCUT2D eigenvalue weighted by Crippen LogP contribution is -2.33. The topological polar surface area (TPSA) is 60.9 Å². The first-order chi connectivity index (χ1) is 9.08. The first kappa shape index (κ1) is 12.6. The fourth-order valence-corrected chi connectivity index (χ4v) is 3.81. The summed E-state index contributed by atoms with van der Waals surface area (Å²) >= 11 is 1.59. The zero-order chi connectivity index (χ0) is 13.5. The summed E-state index contributed by atoms with van der Waals surface area (Å²) in [5.74, 6) is -0.633. The predicted octanol–water partition coefficient (Wildman–Crippen LogP) is 1.26. The minimum Gasteiger partial charge on any atom is -0.480 e. The zero-order valence-corrected chi connectivity index (χ0v) is 11.4. The van der Waals surface area contributed by atoms with Crippen LogP contribution in [0.4, 0.5) is 5.69 Å². The summed E-state index contributed by atoms with van der Waals surface area (Å²) in [6.07, 6.45) is 1.45. The molecule has 6 heteroatoms. The Balaban J connectivity index is 1.71. The number of amides is 1. The third-order valence-electron chi connectivity index (χ3n) is 4.01. The largest absolute Gasteiger partial charge is 0.480 e. The molecule has 1 atom stereocenters. The van der Waals surface area contributed by atoms with Crippen molar-refractivity contribution in [2.24, 2.45) is 5.41 Å². The van der Waals surface area contributed by atoms with Gasteiger partial charge in [-0.25, -0.2) is 0 Å². The van der Waals surface area contributed by atoms with Gasteiger partial charge >= 0.3 is 5.97 Å². The second kappa shape index (κ2) is 4.61. The third kappa shape index (κ3) is 2.37. The van der Waals surface area contributed by atoms with Crippen molar-refractivity contribution in [3.8, 4) is 0 Å². The molecule has 1 aromatic rings. The number of anilines is 1. The highest BCUT2D eigenvalue weighted by Gasteiger charge is 2.47. The molecule has 0 aromatic carbocycles. The molecule has 1 aromatic heterocycles. The van der Waals surface area contributed by atoms with Crippen LogP contribution in [0.5, 0.6) is 0 Å². The number of likely N-dealkylation sites (tertiary alicyclic amines) is 1. The maximum Gasteiger partial charge on any atom is 0.317 e. The van der Waals surface area contributed by atoms with Crippen LogP contribution in [0.3, 0.4) is 0 Å². The number of nitrogens with zero attached hydrogens (tertiary/aromatic N) is 2. The standard InChI is InChI=1S/C13H16N2O3S/c16-11-5-13(2-3-14(8-13)6-12(17)18)9-15(11)10-1-4-19-7-10/h1,4,7H,2-3,5-6,8-9H2,(H,17,18)/t13-/m0/s1. The van der Waals surface area contributed by atoms with Gasteiger partial charge in [-0.1, -0.05) is 0 Å². The first-order valence-electron chi connectivity index (χ1n) is 6.35. The van der Waals surface area contributed by atoms with Crippen LogP contribution >= 0.6 is 11.3 Å². The van der Waals surface area contributed by atoms with Crippen molar-refractivity contribution in [2.75, 3.05) is 31.1 Å². The Bertz CT molecular complexity index is 502. The monoisotopic (exact) mass is 280 g/mol. The van der Waals surface area contributed by atoms with Gasteiger partial charge in [-0.3, -0.25) is 14.5 Å². The summed E-state index contributed by atoms with van der Waals surface area (Å²) in [6.45, 7) is 2.29. The van der Waals surface area contributed by atoms with Crippen molar-refractivity contribution in [3.05, 3.63) is 16.8 Å². The molecular formula is C13H16N2O3S. The number of carboxylic acid groups (broad SMARTS) is 1. The number of hydrogen-bond donors (Lipinski definition) is 1. The number of hydrogen-bond acceptors (Lipinski definition) is 4. The van der Waals surface area contributed by atoms with Gasteiger partial charge in [0.2, 0.25) is 5.91 Å². The van der Waals surface area contributed by atoms with Crippen LogP contribution in [0.25, 0.3) is 0 Å². The van der Waals surface area contributed by atoms with Crippen molar-refractivity contribution in [2.45, 2.75) is 12.8 Å². The minimum absolute atomic E-state index is 0.0472. The van der Waals surface area contributed by atoms with Gasteiger partial charge in [-0.05, 0) is 24.4 Å². The van der Waals surface area contributed by atoms with Gasteiger partial charge in [0.05, 0.1) is 12.2 Å². The van der Waals surface area contributed by atoms with Gasteiger partial charge in [0.1, 0.15) is 0 Å². The number of aliphatic carboxylic acids is 1. The van der Waals surface area contributed by atoms with E-state index in [0.29, 0.717) is 13.0 Å². The van der Waals surface area contributed by atoms with E-state index < -0.39 is 5.97 Å². The van der Waals surface area contributed by atoms with Crippen LogP contribution < -0.4 is 4.90 Å². The molecule has 2 aliphatic heterocycles. The van der Waals surface area contributed by atoms with Crippen LogP contribution in [0.2, 0.25) is 0 Å². The van der Waals surface area contributed by atoms with E-state index in [-0.39, 0.29) is 17.9 Å². The summed E-state index contributed by atoms with van der Waals surface area (Å²) in [5, 5.41) is 12.8. The van der Waals surface area contributed by atoms with Gasteiger partial charge < -0.3 is 10.0 Å². The molecule has 0 aliphatic carbocycles. The molecule has 5 nitrogen and oxygen atoms in total. The molecule has 1 amide bonds. The second-order valence-electron chi connectivity index (χ2n) is 5.49. The van der Waals surface area contributed by atoms with E-state index in [9.17, 15) is 9.59 Å². The van der Waals surface area contributed by atoms with E-state index in [1.807, 2.05) is 26.6 Å². The smallest absolute Gasteiger partial charge is 0.317 e. The number of carbonyl (C=O) groups excluding carboxylic acids is 1. The Hall–Kier alpha value is -1.40. The van der Waals surface area contributed by atoms with E-state index >= 15 is 0 Å². The van der Waals surface area contributed by atoms with E-state index in [4.69, 9.17) is 5.11 Å². The van der Waals surface area contributed by atoms with Crippen molar-refractivity contribution in [1.82, 2.24) is 4.90 Å². The summed E-state index contributed by atoms with van der Waals surface area (Å²) in [5.41, 5.74) is 0.928. The molecule has 2 fully saturated rings. The average Bonchev–Trinajstić information content (AvgIpc) is 3.00. The Morgan fingerprint density at radius 1 is 1.47 bits per heavy atom. The van der Waals surface area contributed by atoms with E-state index in [2.05, 4.69) is 0 Å². The predicted molar refractivity (Wildman–Crippen MR) is 72.4 cm³/mol. The molecule has 19 heavy (non-hydrogen) atoms. The molecule has 0 radical (unpaired) electrons. The van der Waals surface area contributed by atoms with Crippen LogP contribution in [0.15, 0.2) is 16.8 Å². The van der Waals surface area contributed by atoms with E-state index in [1.54, 1.807) is 11.3 Å². The zero-order valence-electron chi connectivity index (χ0n) is 10.5. The maximum absolute atomic E-state index is 12.2. The van der Waals surface area contributed by atoms with E-state index in [1.165, 1.54) is 0 Å². The van der Waals surface area contributed by atoms with Crippen LogP contribution in [-0.4, -0.2) is 48.1 Å². The maximum atomic E-state index is 12.2. The number of thiophene rings is 1. The molecule has 0 bridgehead atoms. The quantitative estimate of drug-likeness (QED) is 0.905. The third-order valence-corrected chi connectivity index (χ3v) is 4.69. The van der Waals surface area contributed by atoms with Gasteiger partial charge in [-0.15, -0.1) is 0 Å². The van der Waals surface area contributed by atoms with E-state index in [0.717, 1.165) is 25.2 Å². The van der Waals surface area contributed by atoms with Gasteiger partial charge in [0, 0.05) is 30.3 Å². The molecule has 3 heterocycles. The fourth-order valence-electron chi connectivity index (χ4n) is 3.17. The summed E-state index contributed by atoms with van der Waals surface area (Å²) < 4.78 is 0. The van der Waals surface area contributed by atoms with Crippen LogP contribution in [-0.2, 0) is 9.59 Å². The highest BCUT2D eigenvalue weighted by molar-refractivity contribution is 7.08. The second-order valence-corrected chi connectivity index (χ2v) is 6.27. The molecular weight excluding hydrogens is 264 g/mol. The Morgan fingerprint density at radius 2 is 2.32 bits per heavy atom. The molecule has 0 unspecified atom stereocenters. The summed E-state index contributed by atoms with van der Waals surface area (Å²) in [6, 6.07) is 1.96. The molecule has 1 N–H and O–H groups in total. The molecule has 1 spiro atoms. The Kier molecular flexibility index (Phi) is 3.06. The molecule has 2 aliphatic rings. The van der Waals surface area contributed by atoms with Crippen molar-refractivity contribution in [3.63, 3.8) is 0 Å². The SMILES string of the molecule is O=C(O)CN1CC[C@]2(CC(=O)N(c3ccsc3)C2)C1. The van der Waals surface area contributed by atoms with Crippen molar-refractivity contribution < 1.29 is 14.7 Å². The highest BCUT2D eigenvalue weighted by Crippen LogP contribution is 2.41. The van der Waals surface area contributed by atoms with Crippen LogP contribution in [0.1, 0.15) is 12.8 Å². The van der Waals surface area contributed by atoms with Crippen molar-refractivity contribution in [1.29, 1.82) is 0 Å². The fraction of sp³-hybridized carbons (Fsp3) is 0.538. The molecule has 3 rings (SSSR count). The summed E-state index contributed by atoms with van der Waals surface area (Å²) in [7, 11) is 0. The normalized spacial score (nSPS) is 27.6. The lowest BCUT2D eigenvalue weighted by atomic mass is 9.86. The molecule has 0 saturated carbocycles.